The van der Waals surface area contributed by atoms with Crippen molar-refractivity contribution in [3.8, 4) is 11.1 Å². The molecule has 16 heavy (non-hydrogen) atoms. The van der Waals surface area contributed by atoms with Crippen molar-refractivity contribution in [3.63, 3.8) is 0 Å². The van der Waals surface area contributed by atoms with E-state index in [1.165, 1.54) is 22.3 Å². The van der Waals surface area contributed by atoms with Crippen LogP contribution in [0.2, 0.25) is 0 Å². The van der Waals surface area contributed by atoms with Crippen LogP contribution in [0.3, 0.4) is 0 Å². The van der Waals surface area contributed by atoms with Gasteiger partial charge >= 0.3 is 0 Å². The minimum Gasteiger partial charge on any atom is -0.399 e. The lowest BCUT2D eigenvalue weighted by molar-refractivity contribution is 1.34. The summed E-state index contributed by atoms with van der Waals surface area (Å²) in [7, 11) is 0. The molecule has 0 fully saturated rings. The Hall–Kier alpha value is -1.76. The van der Waals surface area contributed by atoms with Crippen molar-refractivity contribution >= 4 is 5.69 Å². The van der Waals surface area contributed by atoms with Crippen LogP contribution in [0.25, 0.3) is 11.1 Å². The third-order valence-electron chi connectivity index (χ3n) is 3.19. The van der Waals surface area contributed by atoms with Crippen LogP contribution in [0.1, 0.15) is 16.7 Å². The zero-order valence-electron chi connectivity index (χ0n) is 10.0. The van der Waals surface area contributed by atoms with Gasteiger partial charge in [-0.25, -0.2) is 0 Å². The molecule has 0 heterocycles. The summed E-state index contributed by atoms with van der Waals surface area (Å²) in [6.45, 7) is 6.35. The topological polar surface area (TPSA) is 26.0 Å². The Morgan fingerprint density at radius 2 is 1.62 bits per heavy atom. The molecule has 0 aliphatic heterocycles. The van der Waals surface area contributed by atoms with Gasteiger partial charge < -0.3 is 5.73 Å². The Kier molecular flexibility index (Phi) is 2.69. The van der Waals surface area contributed by atoms with E-state index in [9.17, 15) is 0 Å². The molecule has 0 aliphatic carbocycles. The maximum Gasteiger partial charge on any atom is 0.0344 e. The molecule has 2 rings (SSSR count). The van der Waals surface area contributed by atoms with Gasteiger partial charge in [0.1, 0.15) is 0 Å². The van der Waals surface area contributed by atoms with E-state index in [1.54, 1.807) is 0 Å². The number of nitrogens with two attached hydrogens (primary N) is 1. The number of anilines is 1. The summed E-state index contributed by atoms with van der Waals surface area (Å²) in [5.74, 6) is 0. The van der Waals surface area contributed by atoms with Crippen molar-refractivity contribution in [1.82, 2.24) is 0 Å². The van der Waals surface area contributed by atoms with Crippen molar-refractivity contribution in [2.45, 2.75) is 20.8 Å². The van der Waals surface area contributed by atoms with Crippen LogP contribution in [-0.2, 0) is 0 Å². The number of nitrogen functional groups attached to an aromatic ring is 1. The van der Waals surface area contributed by atoms with E-state index >= 15 is 0 Å². The molecule has 0 spiro atoms. The zero-order chi connectivity index (χ0) is 11.7. The van der Waals surface area contributed by atoms with Crippen molar-refractivity contribution in [3.05, 3.63) is 53.1 Å². The summed E-state index contributed by atoms with van der Waals surface area (Å²) in [5.41, 5.74) is 13.0. The lowest BCUT2D eigenvalue weighted by Gasteiger charge is -2.10. The molecule has 0 saturated carbocycles. The monoisotopic (exact) mass is 211 g/mol. The molecule has 0 bridgehead atoms. The average Bonchev–Trinajstić information content (AvgIpc) is 2.26. The molecule has 82 valence electrons. The zero-order valence-corrected chi connectivity index (χ0v) is 10.0. The highest BCUT2D eigenvalue weighted by Crippen LogP contribution is 2.27. The fraction of sp³-hybridized carbons (Fsp3) is 0.200. The number of rotatable bonds is 1. The minimum atomic E-state index is 0.856. The molecule has 0 atom stereocenters. The Balaban J connectivity index is 2.59. The molecule has 1 nitrogen and oxygen atoms in total. The predicted molar refractivity (Wildman–Crippen MR) is 70.5 cm³/mol. The third kappa shape index (κ3) is 1.81. The smallest absolute Gasteiger partial charge is 0.0344 e. The minimum absolute atomic E-state index is 0.856. The highest BCUT2D eigenvalue weighted by Gasteiger charge is 2.04. The van der Waals surface area contributed by atoms with Gasteiger partial charge in [-0.15, -0.1) is 0 Å². The van der Waals surface area contributed by atoms with Crippen molar-refractivity contribution in [2.24, 2.45) is 0 Å². The van der Waals surface area contributed by atoms with Crippen LogP contribution in [-0.4, -0.2) is 0 Å². The maximum absolute atomic E-state index is 5.83. The van der Waals surface area contributed by atoms with Crippen LogP contribution in [0.15, 0.2) is 36.4 Å². The van der Waals surface area contributed by atoms with Crippen molar-refractivity contribution in [1.29, 1.82) is 0 Å². The SMILES string of the molecule is Cc1cc(-c2cccc(C)c2C)ccc1N. The largest absolute Gasteiger partial charge is 0.399 e. The number of benzene rings is 2. The van der Waals surface area contributed by atoms with E-state index in [2.05, 4.69) is 44.2 Å². The van der Waals surface area contributed by atoms with Crippen molar-refractivity contribution < 1.29 is 0 Å². The van der Waals surface area contributed by atoms with E-state index in [0.717, 1.165) is 11.3 Å². The van der Waals surface area contributed by atoms with Gasteiger partial charge in [-0.2, -0.15) is 0 Å². The molecule has 0 radical (unpaired) electrons. The van der Waals surface area contributed by atoms with Gasteiger partial charge in [-0.3, -0.25) is 0 Å². The second-order valence-electron chi connectivity index (χ2n) is 4.32. The Morgan fingerprint density at radius 1 is 0.875 bits per heavy atom. The van der Waals surface area contributed by atoms with Crippen LogP contribution < -0.4 is 5.73 Å². The number of aryl methyl sites for hydroxylation is 2. The van der Waals surface area contributed by atoms with Gasteiger partial charge in [0.05, 0.1) is 0 Å². The first-order valence-corrected chi connectivity index (χ1v) is 5.52. The van der Waals surface area contributed by atoms with Gasteiger partial charge in [0.25, 0.3) is 0 Å². The normalized spacial score (nSPS) is 10.4. The standard InChI is InChI=1S/C15H17N/c1-10-5-4-6-14(12(10)3)13-7-8-15(16)11(2)9-13/h4-9H,16H2,1-3H3. The summed E-state index contributed by atoms with van der Waals surface area (Å²) < 4.78 is 0. The lowest BCUT2D eigenvalue weighted by Crippen LogP contribution is -1.91. The van der Waals surface area contributed by atoms with E-state index in [0.29, 0.717) is 0 Å². The summed E-state index contributed by atoms with van der Waals surface area (Å²) in [6, 6.07) is 12.6. The van der Waals surface area contributed by atoms with Gasteiger partial charge in [-0.05, 0) is 60.7 Å². The van der Waals surface area contributed by atoms with Crippen molar-refractivity contribution in [2.75, 3.05) is 5.73 Å². The lowest BCUT2D eigenvalue weighted by atomic mass is 9.96. The van der Waals surface area contributed by atoms with E-state index < -0.39 is 0 Å². The Labute approximate surface area is 96.9 Å². The average molecular weight is 211 g/mol. The summed E-state index contributed by atoms with van der Waals surface area (Å²) in [6.07, 6.45) is 0. The first kappa shape index (κ1) is 10.7. The first-order chi connectivity index (χ1) is 7.59. The van der Waals surface area contributed by atoms with Crippen LogP contribution in [0, 0.1) is 20.8 Å². The fourth-order valence-corrected chi connectivity index (χ4v) is 1.91. The summed E-state index contributed by atoms with van der Waals surface area (Å²) >= 11 is 0. The molecule has 0 aliphatic rings. The molecular formula is C15H17N. The number of hydrogen-bond donors (Lipinski definition) is 1. The van der Waals surface area contributed by atoms with Gasteiger partial charge in [0.2, 0.25) is 0 Å². The van der Waals surface area contributed by atoms with Gasteiger partial charge in [-0.1, -0.05) is 24.3 Å². The first-order valence-electron chi connectivity index (χ1n) is 5.52. The van der Waals surface area contributed by atoms with Crippen LogP contribution >= 0.6 is 0 Å². The molecule has 0 aromatic heterocycles. The fourth-order valence-electron chi connectivity index (χ4n) is 1.91. The molecule has 0 saturated heterocycles. The molecule has 2 N–H and O–H groups in total. The van der Waals surface area contributed by atoms with E-state index in [1.807, 2.05) is 13.0 Å². The van der Waals surface area contributed by atoms with E-state index in [4.69, 9.17) is 5.73 Å². The second kappa shape index (κ2) is 4.01. The number of hydrogen-bond acceptors (Lipinski definition) is 1. The Bertz CT molecular complexity index is 527. The van der Waals surface area contributed by atoms with Gasteiger partial charge in [0, 0.05) is 5.69 Å². The molecule has 0 unspecified atom stereocenters. The second-order valence-corrected chi connectivity index (χ2v) is 4.32. The molecule has 1 heteroatoms. The maximum atomic E-state index is 5.83. The Morgan fingerprint density at radius 3 is 2.31 bits per heavy atom. The predicted octanol–water partition coefficient (Wildman–Crippen LogP) is 3.86. The summed E-state index contributed by atoms with van der Waals surface area (Å²) in [4.78, 5) is 0. The third-order valence-corrected chi connectivity index (χ3v) is 3.19. The highest BCUT2D eigenvalue weighted by atomic mass is 14.5. The molecule has 2 aromatic carbocycles. The van der Waals surface area contributed by atoms with Crippen LogP contribution in [0.4, 0.5) is 5.69 Å². The van der Waals surface area contributed by atoms with Crippen LogP contribution in [0.5, 0.6) is 0 Å². The quantitative estimate of drug-likeness (QED) is 0.712. The van der Waals surface area contributed by atoms with E-state index in [-0.39, 0.29) is 0 Å². The summed E-state index contributed by atoms with van der Waals surface area (Å²) in [5, 5.41) is 0. The molecule has 2 aromatic rings. The highest BCUT2D eigenvalue weighted by molar-refractivity contribution is 5.71. The molecular weight excluding hydrogens is 194 g/mol. The van der Waals surface area contributed by atoms with Gasteiger partial charge in [0.15, 0.2) is 0 Å². The molecule has 0 amide bonds.